The predicted octanol–water partition coefficient (Wildman–Crippen LogP) is 4.11. The number of nitrogens with zero attached hydrogens (tertiary/aromatic N) is 1. The van der Waals surface area contributed by atoms with Crippen molar-refractivity contribution >= 4 is 21.6 Å². The maximum absolute atomic E-state index is 13.4. The summed E-state index contributed by atoms with van der Waals surface area (Å²) in [6, 6.07) is 12.2. The van der Waals surface area contributed by atoms with Crippen LogP contribution in [-0.2, 0) is 14.8 Å². The molecule has 0 unspecified atom stereocenters. The Balaban J connectivity index is 2.49. The predicted molar refractivity (Wildman–Crippen MR) is 114 cm³/mol. The normalized spacial score (nSPS) is 11.9. The minimum absolute atomic E-state index is 0.167. The Bertz CT molecular complexity index is 948. The standard InChI is InChI=1S/C22H30N2O3S/c1-7-22(5,6)23-21(25)15-24(20-13-10-17(3)14-18(20)4)28(26,27)19-11-8-16(2)9-12-19/h8-14H,7,15H2,1-6H3,(H,23,25). The molecule has 0 aliphatic heterocycles. The average molecular weight is 403 g/mol. The maximum Gasteiger partial charge on any atom is 0.264 e. The van der Waals surface area contributed by atoms with Crippen molar-refractivity contribution in [3.63, 3.8) is 0 Å². The second-order valence-corrected chi connectivity index (χ2v) is 9.76. The van der Waals surface area contributed by atoms with Crippen LogP contribution in [0.5, 0.6) is 0 Å². The third-order valence-electron chi connectivity index (χ3n) is 4.88. The molecule has 0 heterocycles. The van der Waals surface area contributed by atoms with E-state index >= 15 is 0 Å². The Morgan fingerprint density at radius 2 is 1.57 bits per heavy atom. The summed E-state index contributed by atoms with van der Waals surface area (Å²) in [7, 11) is -3.89. The van der Waals surface area contributed by atoms with E-state index in [2.05, 4.69) is 5.32 Å². The fraction of sp³-hybridized carbons (Fsp3) is 0.409. The smallest absolute Gasteiger partial charge is 0.264 e. The Morgan fingerprint density at radius 3 is 2.11 bits per heavy atom. The van der Waals surface area contributed by atoms with Gasteiger partial charge in [-0.1, -0.05) is 42.3 Å². The van der Waals surface area contributed by atoms with Crippen LogP contribution >= 0.6 is 0 Å². The van der Waals surface area contributed by atoms with E-state index in [1.807, 2.05) is 53.7 Å². The molecule has 152 valence electrons. The summed E-state index contributed by atoms with van der Waals surface area (Å²) in [5.74, 6) is -0.331. The number of benzene rings is 2. The molecule has 2 aromatic rings. The van der Waals surface area contributed by atoms with E-state index in [4.69, 9.17) is 0 Å². The van der Waals surface area contributed by atoms with Crippen molar-refractivity contribution in [2.24, 2.45) is 0 Å². The molecule has 0 saturated carbocycles. The van der Waals surface area contributed by atoms with Gasteiger partial charge in [-0.05, 0) is 64.8 Å². The largest absolute Gasteiger partial charge is 0.350 e. The van der Waals surface area contributed by atoms with E-state index in [1.54, 1.807) is 30.3 Å². The molecule has 2 rings (SSSR count). The maximum atomic E-state index is 13.4. The van der Waals surface area contributed by atoms with Crippen LogP contribution in [0, 0.1) is 20.8 Å². The second-order valence-electron chi connectivity index (χ2n) is 7.90. The molecule has 1 amide bonds. The molecule has 5 nitrogen and oxygen atoms in total. The zero-order chi connectivity index (χ0) is 21.1. The number of carbonyl (C=O) groups is 1. The number of hydrogen-bond acceptors (Lipinski definition) is 3. The van der Waals surface area contributed by atoms with Gasteiger partial charge in [0, 0.05) is 5.54 Å². The summed E-state index contributed by atoms with van der Waals surface area (Å²) in [4.78, 5) is 12.9. The number of amides is 1. The van der Waals surface area contributed by atoms with Gasteiger partial charge in [0.2, 0.25) is 5.91 Å². The van der Waals surface area contributed by atoms with E-state index in [0.717, 1.165) is 23.1 Å². The summed E-state index contributed by atoms with van der Waals surface area (Å²) in [6.45, 7) is 11.2. The highest BCUT2D eigenvalue weighted by Crippen LogP contribution is 2.27. The number of hydrogen-bond donors (Lipinski definition) is 1. The highest BCUT2D eigenvalue weighted by molar-refractivity contribution is 7.92. The molecule has 0 saturated heterocycles. The molecule has 6 heteroatoms. The van der Waals surface area contributed by atoms with E-state index in [-0.39, 0.29) is 17.3 Å². The van der Waals surface area contributed by atoms with Gasteiger partial charge in [0.25, 0.3) is 10.0 Å². The Kier molecular flexibility index (Phi) is 6.55. The van der Waals surface area contributed by atoms with Crippen LogP contribution in [-0.4, -0.2) is 26.4 Å². The molecule has 0 aliphatic carbocycles. The van der Waals surface area contributed by atoms with Crippen molar-refractivity contribution < 1.29 is 13.2 Å². The number of aryl methyl sites for hydroxylation is 3. The van der Waals surface area contributed by atoms with Crippen LogP contribution in [0.2, 0.25) is 0 Å². The van der Waals surface area contributed by atoms with Crippen molar-refractivity contribution in [1.82, 2.24) is 5.32 Å². The zero-order valence-electron chi connectivity index (χ0n) is 17.5. The lowest BCUT2D eigenvalue weighted by atomic mass is 10.0. The molecule has 0 aromatic heterocycles. The van der Waals surface area contributed by atoms with Crippen LogP contribution in [0.15, 0.2) is 47.4 Å². The summed E-state index contributed by atoms with van der Waals surface area (Å²) >= 11 is 0. The lowest BCUT2D eigenvalue weighted by Crippen LogP contribution is -2.48. The first-order valence-electron chi connectivity index (χ1n) is 9.44. The first-order chi connectivity index (χ1) is 13.0. The van der Waals surface area contributed by atoms with Gasteiger partial charge in [0.05, 0.1) is 10.6 Å². The lowest BCUT2D eigenvalue weighted by molar-refractivity contribution is -0.121. The number of sulfonamides is 1. The summed E-state index contributed by atoms with van der Waals surface area (Å²) in [6.07, 6.45) is 0.743. The number of anilines is 1. The molecule has 0 radical (unpaired) electrons. The van der Waals surface area contributed by atoms with Crippen LogP contribution in [0.1, 0.15) is 43.9 Å². The molecule has 0 aliphatic rings. The third kappa shape index (κ3) is 5.13. The van der Waals surface area contributed by atoms with Gasteiger partial charge in [0.15, 0.2) is 0 Å². The van der Waals surface area contributed by atoms with Crippen LogP contribution in [0.3, 0.4) is 0 Å². The third-order valence-corrected chi connectivity index (χ3v) is 6.65. The Labute approximate surface area is 168 Å². The molecule has 0 atom stereocenters. The van der Waals surface area contributed by atoms with Crippen molar-refractivity contribution in [3.8, 4) is 0 Å². The highest BCUT2D eigenvalue weighted by atomic mass is 32.2. The Morgan fingerprint density at radius 1 is 1.00 bits per heavy atom. The molecular formula is C22H30N2O3S. The highest BCUT2D eigenvalue weighted by Gasteiger charge is 2.29. The molecule has 2 aromatic carbocycles. The molecule has 0 spiro atoms. The van der Waals surface area contributed by atoms with Crippen molar-refractivity contribution in [3.05, 3.63) is 59.2 Å². The van der Waals surface area contributed by atoms with Gasteiger partial charge in [-0.3, -0.25) is 9.10 Å². The minimum atomic E-state index is -3.89. The van der Waals surface area contributed by atoms with Gasteiger partial charge in [-0.2, -0.15) is 0 Å². The first-order valence-corrected chi connectivity index (χ1v) is 10.9. The SMILES string of the molecule is CCC(C)(C)NC(=O)CN(c1ccc(C)cc1C)S(=O)(=O)c1ccc(C)cc1. The molecule has 0 bridgehead atoms. The number of carbonyl (C=O) groups excluding carboxylic acids is 1. The Hall–Kier alpha value is -2.34. The van der Waals surface area contributed by atoms with E-state index in [0.29, 0.717) is 5.69 Å². The van der Waals surface area contributed by atoms with Gasteiger partial charge in [-0.25, -0.2) is 8.42 Å². The molecule has 0 fully saturated rings. The fourth-order valence-corrected chi connectivity index (χ4v) is 4.34. The van der Waals surface area contributed by atoms with Gasteiger partial charge in [-0.15, -0.1) is 0 Å². The molecule has 28 heavy (non-hydrogen) atoms. The lowest BCUT2D eigenvalue weighted by Gasteiger charge is -2.29. The van der Waals surface area contributed by atoms with Gasteiger partial charge in [0.1, 0.15) is 6.54 Å². The second kappa shape index (κ2) is 8.35. The van der Waals surface area contributed by atoms with E-state index in [1.165, 1.54) is 4.31 Å². The molecular weight excluding hydrogens is 372 g/mol. The van der Waals surface area contributed by atoms with Crippen molar-refractivity contribution in [1.29, 1.82) is 0 Å². The van der Waals surface area contributed by atoms with Gasteiger partial charge >= 0.3 is 0 Å². The van der Waals surface area contributed by atoms with E-state index in [9.17, 15) is 13.2 Å². The summed E-state index contributed by atoms with van der Waals surface area (Å²) in [5, 5.41) is 2.92. The quantitative estimate of drug-likeness (QED) is 0.758. The summed E-state index contributed by atoms with van der Waals surface area (Å²) < 4.78 is 28.0. The zero-order valence-corrected chi connectivity index (χ0v) is 18.4. The van der Waals surface area contributed by atoms with Crippen LogP contribution in [0.4, 0.5) is 5.69 Å². The molecule has 1 N–H and O–H groups in total. The minimum Gasteiger partial charge on any atom is -0.350 e. The van der Waals surface area contributed by atoms with Crippen LogP contribution < -0.4 is 9.62 Å². The first kappa shape index (κ1) is 22.0. The summed E-state index contributed by atoms with van der Waals surface area (Å²) in [5.41, 5.74) is 2.91. The monoisotopic (exact) mass is 402 g/mol. The number of rotatable bonds is 7. The van der Waals surface area contributed by atoms with E-state index < -0.39 is 15.6 Å². The van der Waals surface area contributed by atoms with Gasteiger partial charge < -0.3 is 5.32 Å². The average Bonchev–Trinajstić information content (AvgIpc) is 2.60. The fourth-order valence-electron chi connectivity index (χ4n) is 2.86. The van der Waals surface area contributed by atoms with Crippen molar-refractivity contribution in [2.45, 2.75) is 58.4 Å². The van der Waals surface area contributed by atoms with Crippen molar-refractivity contribution in [2.75, 3.05) is 10.8 Å². The van der Waals surface area contributed by atoms with Crippen LogP contribution in [0.25, 0.3) is 0 Å². The topological polar surface area (TPSA) is 66.5 Å². The number of nitrogens with one attached hydrogen (secondary N) is 1.